The second-order valence-electron chi connectivity index (χ2n) is 12.6. The summed E-state index contributed by atoms with van der Waals surface area (Å²) >= 11 is 1.54. The molecule has 48 heavy (non-hydrogen) atoms. The molecule has 0 aromatic heterocycles. The van der Waals surface area contributed by atoms with E-state index in [0.29, 0.717) is 55.3 Å². The number of methoxy groups -OCH3 is 3. The van der Waals surface area contributed by atoms with Crippen LogP contribution in [0.25, 0.3) is 0 Å². The summed E-state index contributed by atoms with van der Waals surface area (Å²) in [6.45, 7) is 7.20. The van der Waals surface area contributed by atoms with Crippen molar-refractivity contribution >= 4 is 35.2 Å². The number of piperidine rings is 1. The van der Waals surface area contributed by atoms with E-state index in [1.807, 2.05) is 68.3 Å². The zero-order chi connectivity index (χ0) is 34.8. The molecule has 2 amide bonds. The number of Topliss-reactive ketones (excluding diaryl/α,β-unsaturated/α-hetero) is 1. The van der Waals surface area contributed by atoms with Crippen molar-refractivity contribution in [2.45, 2.75) is 56.7 Å². The molecule has 11 heteroatoms. The number of carbonyl (C=O) groups is 3. The van der Waals surface area contributed by atoms with E-state index in [1.54, 1.807) is 56.6 Å². The van der Waals surface area contributed by atoms with Gasteiger partial charge in [0.25, 0.3) is 5.91 Å². The van der Waals surface area contributed by atoms with Gasteiger partial charge in [-0.15, -0.1) is 11.8 Å². The van der Waals surface area contributed by atoms with Crippen LogP contribution < -0.4 is 24.4 Å². The second kappa shape index (κ2) is 16.6. The van der Waals surface area contributed by atoms with Gasteiger partial charge in [-0.05, 0) is 94.3 Å². The van der Waals surface area contributed by atoms with Crippen LogP contribution in [0.2, 0.25) is 0 Å². The number of hydrogen-bond donors (Lipinski definition) is 1. The smallest absolute Gasteiger partial charge is 0.410 e. The Labute approximate surface area is 288 Å². The average Bonchev–Trinajstić information content (AvgIpc) is 3.09. The molecule has 1 N–H and O–H groups in total. The summed E-state index contributed by atoms with van der Waals surface area (Å²) in [5.41, 5.74) is 1.35. The quantitative estimate of drug-likeness (QED) is 0.124. The van der Waals surface area contributed by atoms with E-state index in [0.717, 1.165) is 16.1 Å². The molecule has 258 valence electrons. The molecule has 0 aliphatic carbocycles. The monoisotopic (exact) mass is 677 g/mol. The Bertz CT molecular complexity index is 1550. The third kappa shape index (κ3) is 9.37. The van der Waals surface area contributed by atoms with Gasteiger partial charge in [-0.3, -0.25) is 9.59 Å². The fourth-order valence-corrected chi connectivity index (χ4v) is 6.26. The van der Waals surface area contributed by atoms with Gasteiger partial charge in [0.15, 0.2) is 11.8 Å². The van der Waals surface area contributed by atoms with Crippen molar-refractivity contribution in [3.63, 3.8) is 0 Å². The van der Waals surface area contributed by atoms with E-state index in [2.05, 4.69) is 5.32 Å². The highest BCUT2D eigenvalue weighted by Crippen LogP contribution is 2.35. The maximum atomic E-state index is 14.5. The highest BCUT2D eigenvalue weighted by molar-refractivity contribution is 7.98. The van der Waals surface area contributed by atoms with Crippen LogP contribution >= 0.6 is 11.8 Å². The number of anilines is 1. The van der Waals surface area contributed by atoms with E-state index in [4.69, 9.17) is 18.9 Å². The largest absolute Gasteiger partial charge is 0.497 e. The first kappa shape index (κ1) is 36.5. The predicted octanol–water partition coefficient (Wildman–Crippen LogP) is 6.46. The van der Waals surface area contributed by atoms with E-state index >= 15 is 0 Å². The Kier molecular flexibility index (Phi) is 12.6. The minimum atomic E-state index is -1.21. The zero-order valence-corrected chi connectivity index (χ0v) is 29.7. The molecule has 0 bridgehead atoms. The molecule has 4 rings (SSSR count). The lowest BCUT2D eigenvalue weighted by Gasteiger charge is -2.35. The summed E-state index contributed by atoms with van der Waals surface area (Å²) in [7, 11) is 4.73. The van der Waals surface area contributed by atoms with Gasteiger partial charge in [0, 0.05) is 48.3 Å². The Morgan fingerprint density at radius 1 is 0.917 bits per heavy atom. The number of ether oxygens (including phenoxy) is 4. The van der Waals surface area contributed by atoms with Crippen molar-refractivity contribution in [1.82, 2.24) is 10.2 Å². The maximum Gasteiger partial charge on any atom is 0.410 e. The molecule has 1 saturated heterocycles. The highest BCUT2D eigenvalue weighted by Gasteiger charge is 2.36. The van der Waals surface area contributed by atoms with Crippen LogP contribution in [0, 0.1) is 5.92 Å². The van der Waals surface area contributed by atoms with Crippen LogP contribution in [-0.4, -0.2) is 81.5 Å². The number of carbonyl (C=O) groups excluding carboxylic acids is 3. The van der Waals surface area contributed by atoms with Gasteiger partial charge < -0.3 is 34.1 Å². The van der Waals surface area contributed by atoms with E-state index in [1.165, 1.54) is 11.8 Å². The third-order valence-electron chi connectivity index (χ3n) is 8.24. The normalized spacial score (nSPS) is 14.1. The molecule has 3 aromatic rings. The first-order chi connectivity index (χ1) is 23.0. The van der Waals surface area contributed by atoms with Crippen molar-refractivity contribution in [1.29, 1.82) is 0 Å². The van der Waals surface area contributed by atoms with Gasteiger partial charge in [-0.25, -0.2) is 4.79 Å². The van der Waals surface area contributed by atoms with Gasteiger partial charge in [0.1, 0.15) is 22.8 Å². The molecular formula is C37H47N3O7S. The molecule has 1 heterocycles. The van der Waals surface area contributed by atoms with Crippen LogP contribution in [0.1, 0.15) is 49.5 Å². The van der Waals surface area contributed by atoms with Crippen molar-refractivity contribution in [3.8, 4) is 17.2 Å². The molecule has 10 nitrogen and oxygen atoms in total. The van der Waals surface area contributed by atoms with Gasteiger partial charge in [-0.1, -0.05) is 12.1 Å². The van der Waals surface area contributed by atoms with E-state index in [-0.39, 0.29) is 24.3 Å². The molecule has 3 aromatic carbocycles. The number of benzene rings is 3. The third-order valence-corrected chi connectivity index (χ3v) is 9.03. The second-order valence-corrected chi connectivity index (χ2v) is 13.5. The SMILES string of the molecule is COc1ccc(C(=O)C(C(=O)NCC2CCN(C(=O)OC(C)(C)C)CC2)N(Cc2ccc(OC)cc2OC)c2ccccc2SC)cc1. The Morgan fingerprint density at radius 3 is 2.17 bits per heavy atom. The summed E-state index contributed by atoms with van der Waals surface area (Å²) in [4.78, 5) is 45.9. The topological polar surface area (TPSA) is 107 Å². The fourth-order valence-electron chi connectivity index (χ4n) is 5.65. The molecule has 0 radical (unpaired) electrons. The summed E-state index contributed by atoms with van der Waals surface area (Å²) in [5, 5.41) is 3.11. The molecular weight excluding hydrogens is 630 g/mol. The summed E-state index contributed by atoms with van der Waals surface area (Å²) < 4.78 is 22.0. The number of para-hydroxylation sites is 1. The number of thioether (sulfide) groups is 1. The molecule has 1 aliphatic heterocycles. The highest BCUT2D eigenvalue weighted by atomic mass is 32.2. The number of ketones is 1. The number of hydrogen-bond acceptors (Lipinski definition) is 9. The minimum Gasteiger partial charge on any atom is -0.497 e. The van der Waals surface area contributed by atoms with Crippen molar-refractivity contribution < 1.29 is 33.3 Å². The molecule has 1 unspecified atom stereocenters. The van der Waals surface area contributed by atoms with Gasteiger partial charge >= 0.3 is 6.09 Å². The Hall–Kier alpha value is -4.38. The number of likely N-dealkylation sites (tertiary alicyclic amines) is 1. The van der Waals surface area contributed by atoms with Crippen LogP contribution in [0.4, 0.5) is 10.5 Å². The standard InChI is InChI=1S/C37H47N3O7S/c1-37(2,3)47-36(43)39-20-18-25(19-21-39)23-38-35(42)33(34(41)26-12-15-28(44-4)16-13-26)40(30-10-8-9-11-32(30)48-7)24-27-14-17-29(45-5)22-31(27)46-6/h8-17,22,25,33H,18-21,23-24H2,1-7H3,(H,38,42). The number of amides is 2. The van der Waals surface area contributed by atoms with Crippen molar-refractivity contribution in [2.24, 2.45) is 5.92 Å². The minimum absolute atomic E-state index is 0.137. The molecule has 1 atom stereocenters. The lowest BCUT2D eigenvalue weighted by molar-refractivity contribution is -0.121. The Balaban J connectivity index is 1.66. The first-order valence-corrected chi connectivity index (χ1v) is 17.2. The lowest BCUT2D eigenvalue weighted by Crippen LogP contribution is -2.53. The lowest BCUT2D eigenvalue weighted by atomic mass is 9.96. The van der Waals surface area contributed by atoms with E-state index in [9.17, 15) is 14.4 Å². The average molecular weight is 678 g/mol. The van der Waals surface area contributed by atoms with Gasteiger partial charge in [0.05, 0.1) is 27.0 Å². The predicted molar refractivity (Wildman–Crippen MR) is 189 cm³/mol. The Morgan fingerprint density at radius 2 is 1.56 bits per heavy atom. The first-order valence-electron chi connectivity index (χ1n) is 16.0. The number of rotatable bonds is 13. The zero-order valence-electron chi connectivity index (χ0n) is 28.9. The fraction of sp³-hybridized carbons (Fsp3) is 0.432. The van der Waals surface area contributed by atoms with Crippen LogP contribution in [0.5, 0.6) is 17.2 Å². The van der Waals surface area contributed by atoms with Crippen molar-refractivity contribution in [2.75, 3.05) is 52.1 Å². The summed E-state index contributed by atoms with van der Waals surface area (Å²) in [6, 6.07) is 18.8. The van der Waals surface area contributed by atoms with Crippen LogP contribution in [-0.2, 0) is 16.1 Å². The summed E-state index contributed by atoms with van der Waals surface area (Å²) in [5.74, 6) is 1.20. The molecule has 0 spiro atoms. The number of nitrogens with zero attached hydrogens (tertiary/aromatic N) is 2. The summed E-state index contributed by atoms with van der Waals surface area (Å²) in [6.07, 6.45) is 3.05. The van der Waals surface area contributed by atoms with Gasteiger partial charge in [0.2, 0.25) is 0 Å². The van der Waals surface area contributed by atoms with Crippen LogP contribution in [0.15, 0.2) is 71.6 Å². The van der Waals surface area contributed by atoms with E-state index < -0.39 is 17.6 Å². The van der Waals surface area contributed by atoms with Crippen molar-refractivity contribution in [3.05, 3.63) is 77.9 Å². The number of nitrogens with one attached hydrogen (secondary N) is 1. The molecule has 1 aliphatic rings. The van der Waals surface area contributed by atoms with Crippen LogP contribution in [0.3, 0.4) is 0 Å². The molecule has 1 fully saturated rings. The maximum absolute atomic E-state index is 14.5. The molecule has 0 saturated carbocycles. The van der Waals surface area contributed by atoms with Gasteiger partial charge in [-0.2, -0.15) is 0 Å².